The van der Waals surface area contributed by atoms with E-state index in [4.69, 9.17) is 5.73 Å². The summed E-state index contributed by atoms with van der Waals surface area (Å²) in [5.41, 5.74) is 7.44. The molecule has 0 saturated heterocycles. The van der Waals surface area contributed by atoms with E-state index in [-0.39, 0.29) is 11.5 Å². The predicted molar refractivity (Wildman–Crippen MR) is 50.7 cm³/mol. The van der Waals surface area contributed by atoms with Crippen molar-refractivity contribution in [2.45, 2.75) is 26.8 Å². The molecule has 0 radical (unpaired) electrons. The third-order valence-corrected chi connectivity index (χ3v) is 2.54. The molecule has 0 spiro atoms. The van der Waals surface area contributed by atoms with E-state index in [1.54, 1.807) is 11.3 Å². The van der Waals surface area contributed by atoms with Crippen molar-refractivity contribution in [1.82, 2.24) is 0 Å². The van der Waals surface area contributed by atoms with Crippen LogP contribution in [0.5, 0.6) is 0 Å². The first-order valence-corrected chi connectivity index (χ1v) is 4.74. The first kappa shape index (κ1) is 8.75. The maximum Gasteiger partial charge on any atom is 0.0352 e. The Morgan fingerprint density at radius 2 is 2.09 bits per heavy atom. The fraction of sp³-hybridized carbons (Fsp3) is 0.556. The Balaban J connectivity index is 2.78. The van der Waals surface area contributed by atoms with Gasteiger partial charge in [-0.15, -0.1) is 0 Å². The molecule has 0 bridgehead atoms. The number of nitrogens with two attached hydrogens (primary N) is 1. The molecule has 1 atom stereocenters. The van der Waals surface area contributed by atoms with Gasteiger partial charge < -0.3 is 5.73 Å². The van der Waals surface area contributed by atoms with Gasteiger partial charge in [-0.1, -0.05) is 20.8 Å². The SMILES string of the molecule is CC(C)(C)[C@@H](N)c1ccsc1. The summed E-state index contributed by atoms with van der Waals surface area (Å²) in [7, 11) is 0. The van der Waals surface area contributed by atoms with Gasteiger partial charge in [-0.3, -0.25) is 0 Å². The van der Waals surface area contributed by atoms with Gasteiger partial charge in [0, 0.05) is 6.04 Å². The topological polar surface area (TPSA) is 26.0 Å². The lowest BCUT2D eigenvalue weighted by molar-refractivity contribution is 0.327. The Kier molecular flexibility index (Phi) is 2.35. The second-order valence-corrected chi connectivity index (χ2v) is 4.68. The minimum Gasteiger partial charge on any atom is -0.323 e. The van der Waals surface area contributed by atoms with Crippen LogP contribution in [0.4, 0.5) is 0 Å². The zero-order valence-corrected chi connectivity index (χ0v) is 8.11. The molecule has 1 rings (SSSR count). The maximum atomic E-state index is 6.02. The largest absolute Gasteiger partial charge is 0.323 e. The Bertz CT molecular complexity index is 208. The van der Waals surface area contributed by atoms with Crippen molar-refractivity contribution in [3.8, 4) is 0 Å². The van der Waals surface area contributed by atoms with Gasteiger partial charge in [0.25, 0.3) is 0 Å². The molecule has 1 nitrogen and oxygen atoms in total. The van der Waals surface area contributed by atoms with Gasteiger partial charge in [-0.2, -0.15) is 11.3 Å². The monoisotopic (exact) mass is 169 g/mol. The normalized spacial score (nSPS) is 14.9. The molecule has 11 heavy (non-hydrogen) atoms. The van der Waals surface area contributed by atoms with E-state index in [0.29, 0.717) is 0 Å². The third-order valence-electron chi connectivity index (χ3n) is 1.84. The lowest BCUT2D eigenvalue weighted by Crippen LogP contribution is -2.25. The van der Waals surface area contributed by atoms with Crippen molar-refractivity contribution >= 4 is 11.3 Å². The Morgan fingerprint density at radius 3 is 2.45 bits per heavy atom. The average Bonchev–Trinajstić information content (AvgIpc) is 2.34. The molecular weight excluding hydrogens is 154 g/mol. The molecule has 0 amide bonds. The van der Waals surface area contributed by atoms with Crippen molar-refractivity contribution in [3.63, 3.8) is 0 Å². The number of thiophene rings is 1. The van der Waals surface area contributed by atoms with Gasteiger partial charge in [0.15, 0.2) is 0 Å². The fourth-order valence-electron chi connectivity index (χ4n) is 0.952. The van der Waals surface area contributed by atoms with Gasteiger partial charge in [-0.25, -0.2) is 0 Å². The lowest BCUT2D eigenvalue weighted by atomic mass is 9.84. The molecule has 1 aromatic rings. The Morgan fingerprint density at radius 1 is 1.45 bits per heavy atom. The van der Waals surface area contributed by atoms with E-state index in [2.05, 4.69) is 37.6 Å². The summed E-state index contributed by atoms with van der Waals surface area (Å²) in [5, 5.41) is 4.19. The first-order chi connectivity index (χ1) is 5.02. The van der Waals surface area contributed by atoms with E-state index in [1.165, 1.54) is 5.56 Å². The molecule has 0 aliphatic heterocycles. The Hall–Kier alpha value is -0.340. The van der Waals surface area contributed by atoms with Gasteiger partial charge in [-0.05, 0) is 27.8 Å². The molecule has 1 heterocycles. The fourth-order valence-corrected chi connectivity index (χ4v) is 1.65. The van der Waals surface area contributed by atoms with Crippen molar-refractivity contribution in [1.29, 1.82) is 0 Å². The highest BCUT2D eigenvalue weighted by Crippen LogP contribution is 2.31. The smallest absolute Gasteiger partial charge is 0.0352 e. The molecule has 0 saturated carbocycles. The highest BCUT2D eigenvalue weighted by atomic mass is 32.1. The van der Waals surface area contributed by atoms with Crippen LogP contribution in [0.1, 0.15) is 32.4 Å². The van der Waals surface area contributed by atoms with Crippen LogP contribution in [0.25, 0.3) is 0 Å². The van der Waals surface area contributed by atoms with Crippen LogP contribution in [-0.4, -0.2) is 0 Å². The molecule has 62 valence electrons. The third kappa shape index (κ3) is 2.04. The summed E-state index contributed by atoms with van der Waals surface area (Å²) in [5.74, 6) is 0. The Labute approximate surface area is 72.2 Å². The van der Waals surface area contributed by atoms with E-state index >= 15 is 0 Å². The molecule has 0 aliphatic rings. The zero-order chi connectivity index (χ0) is 8.48. The van der Waals surface area contributed by atoms with Crippen molar-refractivity contribution in [2.24, 2.45) is 11.1 Å². The van der Waals surface area contributed by atoms with Crippen LogP contribution >= 0.6 is 11.3 Å². The number of hydrogen-bond donors (Lipinski definition) is 1. The maximum absolute atomic E-state index is 6.02. The molecule has 0 unspecified atom stereocenters. The summed E-state index contributed by atoms with van der Waals surface area (Å²) < 4.78 is 0. The summed E-state index contributed by atoms with van der Waals surface area (Å²) in [6, 6.07) is 2.26. The highest BCUT2D eigenvalue weighted by molar-refractivity contribution is 7.07. The molecule has 0 aliphatic carbocycles. The number of hydrogen-bond acceptors (Lipinski definition) is 2. The van der Waals surface area contributed by atoms with Gasteiger partial charge in [0.1, 0.15) is 0 Å². The average molecular weight is 169 g/mol. The minimum atomic E-state index is 0.161. The van der Waals surface area contributed by atoms with E-state index in [0.717, 1.165) is 0 Å². The van der Waals surface area contributed by atoms with Crippen molar-refractivity contribution < 1.29 is 0 Å². The van der Waals surface area contributed by atoms with Crippen LogP contribution in [0.15, 0.2) is 16.8 Å². The van der Waals surface area contributed by atoms with Gasteiger partial charge in [0.2, 0.25) is 0 Å². The summed E-state index contributed by atoms with van der Waals surface area (Å²) in [4.78, 5) is 0. The molecule has 1 aromatic heterocycles. The standard InChI is InChI=1S/C9H15NS/c1-9(2,3)8(10)7-4-5-11-6-7/h4-6,8H,10H2,1-3H3/t8-/m0/s1. The van der Waals surface area contributed by atoms with Crippen LogP contribution < -0.4 is 5.73 Å². The van der Waals surface area contributed by atoms with E-state index in [9.17, 15) is 0 Å². The quantitative estimate of drug-likeness (QED) is 0.687. The first-order valence-electron chi connectivity index (χ1n) is 3.79. The molecule has 2 N–H and O–H groups in total. The van der Waals surface area contributed by atoms with Crippen LogP contribution in [-0.2, 0) is 0 Å². The van der Waals surface area contributed by atoms with E-state index < -0.39 is 0 Å². The summed E-state index contributed by atoms with van der Waals surface area (Å²) in [6.07, 6.45) is 0. The van der Waals surface area contributed by atoms with Gasteiger partial charge in [0.05, 0.1) is 0 Å². The molecular formula is C9H15NS. The molecule has 0 fully saturated rings. The summed E-state index contributed by atoms with van der Waals surface area (Å²) in [6.45, 7) is 6.49. The lowest BCUT2D eigenvalue weighted by Gasteiger charge is -2.26. The second kappa shape index (κ2) is 2.95. The number of rotatable bonds is 1. The van der Waals surface area contributed by atoms with Crippen LogP contribution in [0, 0.1) is 5.41 Å². The second-order valence-electron chi connectivity index (χ2n) is 3.90. The zero-order valence-electron chi connectivity index (χ0n) is 7.29. The van der Waals surface area contributed by atoms with Crippen LogP contribution in [0.2, 0.25) is 0 Å². The highest BCUT2D eigenvalue weighted by Gasteiger charge is 2.21. The summed E-state index contributed by atoms with van der Waals surface area (Å²) >= 11 is 1.70. The van der Waals surface area contributed by atoms with E-state index in [1.807, 2.05) is 0 Å². The predicted octanol–water partition coefficient (Wildman–Crippen LogP) is 2.79. The molecule has 0 aromatic carbocycles. The van der Waals surface area contributed by atoms with Crippen molar-refractivity contribution in [3.05, 3.63) is 22.4 Å². The van der Waals surface area contributed by atoms with Gasteiger partial charge >= 0.3 is 0 Å². The van der Waals surface area contributed by atoms with Crippen molar-refractivity contribution in [2.75, 3.05) is 0 Å². The minimum absolute atomic E-state index is 0.161. The molecule has 2 heteroatoms. The van der Waals surface area contributed by atoms with Crippen LogP contribution in [0.3, 0.4) is 0 Å².